The maximum atomic E-state index is 13.1. The molecule has 1 amide bonds. The van der Waals surface area contributed by atoms with Gasteiger partial charge in [0, 0.05) is 31.6 Å². The van der Waals surface area contributed by atoms with Gasteiger partial charge in [-0.15, -0.1) is 0 Å². The summed E-state index contributed by atoms with van der Waals surface area (Å²) in [6, 6.07) is 8.03. The average molecular weight is 409 g/mol. The van der Waals surface area contributed by atoms with Crippen molar-refractivity contribution in [3.05, 3.63) is 35.5 Å². The fraction of sp³-hybridized carbons (Fsp3) is 0.500. The van der Waals surface area contributed by atoms with Gasteiger partial charge in [0.1, 0.15) is 0 Å². The number of ether oxygens (including phenoxy) is 1. The number of aromatic nitrogens is 4. The molecule has 1 saturated heterocycles. The third-order valence-electron chi connectivity index (χ3n) is 6.07. The number of carbonyl (C=O) groups excluding carboxylic acids is 1. The number of carbonyl (C=O) groups is 1. The second-order valence-electron chi connectivity index (χ2n) is 8.14. The Balaban J connectivity index is 1.41. The standard InChI is InChI=1S/C22H28N6O2/c1-16-19(25-28-12-7-15-30-21(16)28)20(29)24-22-23-17-8-3-4-9-18(17)27(22)14-13-26-10-5-2-6-11-26/h3-4,8-9H,2,5-7,10-15H2,1H3,(H,23,24,29). The lowest BCUT2D eigenvalue weighted by atomic mass is 10.1. The van der Waals surface area contributed by atoms with Gasteiger partial charge in [-0.3, -0.25) is 10.1 Å². The molecule has 3 aromatic rings. The average Bonchev–Trinajstić information content (AvgIpc) is 3.30. The number of hydrogen-bond donors (Lipinski definition) is 1. The van der Waals surface area contributed by atoms with Crippen molar-refractivity contribution in [2.45, 2.75) is 45.7 Å². The topological polar surface area (TPSA) is 77.2 Å². The third kappa shape index (κ3) is 3.56. The van der Waals surface area contributed by atoms with Crippen LogP contribution in [0.4, 0.5) is 5.95 Å². The van der Waals surface area contributed by atoms with Gasteiger partial charge >= 0.3 is 0 Å². The normalized spacial score (nSPS) is 17.0. The molecule has 158 valence electrons. The number of anilines is 1. The first kappa shape index (κ1) is 19.1. The van der Waals surface area contributed by atoms with Crippen molar-refractivity contribution in [3.8, 4) is 5.88 Å². The van der Waals surface area contributed by atoms with Crippen molar-refractivity contribution in [1.29, 1.82) is 0 Å². The lowest BCUT2D eigenvalue weighted by Crippen LogP contribution is -2.32. The molecule has 1 aromatic carbocycles. The number of benzene rings is 1. The molecule has 0 unspecified atom stereocenters. The van der Waals surface area contributed by atoms with Crippen LogP contribution in [0.3, 0.4) is 0 Å². The van der Waals surface area contributed by atoms with Crippen molar-refractivity contribution in [3.63, 3.8) is 0 Å². The van der Waals surface area contributed by atoms with E-state index in [-0.39, 0.29) is 5.91 Å². The fourth-order valence-electron chi connectivity index (χ4n) is 4.45. The van der Waals surface area contributed by atoms with Crippen LogP contribution in [0.25, 0.3) is 11.0 Å². The van der Waals surface area contributed by atoms with E-state index in [1.807, 2.05) is 25.1 Å². The Hall–Kier alpha value is -2.87. The Bertz CT molecular complexity index is 1060. The highest BCUT2D eigenvalue weighted by atomic mass is 16.5. The number of fused-ring (bicyclic) bond motifs is 2. The Morgan fingerprint density at radius 3 is 2.77 bits per heavy atom. The molecule has 30 heavy (non-hydrogen) atoms. The fourth-order valence-corrected chi connectivity index (χ4v) is 4.45. The van der Waals surface area contributed by atoms with E-state index < -0.39 is 0 Å². The van der Waals surface area contributed by atoms with E-state index in [0.717, 1.165) is 55.7 Å². The van der Waals surface area contributed by atoms with Crippen molar-refractivity contribution < 1.29 is 9.53 Å². The number of para-hydroxylation sites is 2. The van der Waals surface area contributed by atoms with E-state index >= 15 is 0 Å². The first-order valence-corrected chi connectivity index (χ1v) is 10.9. The van der Waals surface area contributed by atoms with Crippen LogP contribution < -0.4 is 10.1 Å². The van der Waals surface area contributed by atoms with Gasteiger partial charge in [0.2, 0.25) is 11.8 Å². The minimum atomic E-state index is -0.243. The Labute approximate surface area is 175 Å². The molecule has 0 aliphatic carbocycles. The van der Waals surface area contributed by atoms with E-state index in [9.17, 15) is 4.79 Å². The molecule has 0 atom stereocenters. The second-order valence-corrected chi connectivity index (χ2v) is 8.14. The summed E-state index contributed by atoms with van der Waals surface area (Å²) in [5.41, 5.74) is 3.11. The van der Waals surface area contributed by atoms with Crippen LogP contribution >= 0.6 is 0 Å². The number of hydrogen-bond acceptors (Lipinski definition) is 5. The summed E-state index contributed by atoms with van der Waals surface area (Å²) >= 11 is 0. The number of likely N-dealkylation sites (tertiary alicyclic amines) is 1. The van der Waals surface area contributed by atoms with Gasteiger partial charge in [0.25, 0.3) is 5.91 Å². The van der Waals surface area contributed by atoms with Crippen molar-refractivity contribution in [2.75, 3.05) is 31.6 Å². The van der Waals surface area contributed by atoms with E-state index in [4.69, 9.17) is 9.72 Å². The van der Waals surface area contributed by atoms with Gasteiger partial charge in [-0.05, 0) is 45.0 Å². The van der Waals surface area contributed by atoms with Crippen LogP contribution in [0.1, 0.15) is 41.7 Å². The monoisotopic (exact) mass is 408 g/mol. The number of aryl methyl sites for hydroxylation is 1. The van der Waals surface area contributed by atoms with Crippen molar-refractivity contribution in [2.24, 2.45) is 0 Å². The summed E-state index contributed by atoms with van der Waals surface area (Å²) in [4.78, 5) is 20.3. The van der Waals surface area contributed by atoms with Crippen LogP contribution in [-0.4, -0.2) is 56.4 Å². The van der Waals surface area contributed by atoms with Crippen LogP contribution in [0.2, 0.25) is 0 Å². The highest BCUT2D eigenvalue weighted by Gasteiger charge is 2.25. The minimum Gasteiger partial charge on any atom is -0.478 e. The number of nitrogens with one attached hydrogen (secondary N) is 1. The first-order chi connectivity index (χ1) is 14.7. The van der Waals surface area contributed by atoms with Gasteiger partial charge in [0.15, 0.2) is 5.69 Å². The van der Waals surface area contributed by atoms with E-state index in [1.165, 1.54) is 19.3 Å². The van der Waals surface area contributed by atoms with Gasteiger partial charge < -0.3 is 14.2 Å². The van der Waals surface area contributed by atoms with Crippen molar-refractivity contribution in [1.82, 2.24) is 24.2 Å². The maximum absolute atomic E-state index is 13.1. The predicted molar refractivity (Wildman–Crippen MR) is 115 cm³/mol. The third-order valence-corrected chi connectivity index (χ3v) is 6.07. The molecular weight excluding hydrogens is 380 g/mol. The summed E-state index contributed by atoms with van der Waals surface area (Å²) in [6.07, 6.45) is 4.76. The Morgan fingerprint density at radius 1 is 1.10 bits per heavy atom. The van der Waals surface area contributed by atoms with Gasteiger partial charge in [-0.2, -0.15) is 5.10 Å². The zero-order chi connectivity index (χ0) is 20.5. The molecule has 0 bridgehead atoms. The molecule has 0 spiro atoms. The highest BCUT2D eigenvalue weighted by Crippen LogP contribution is 2.26. The van der Waals surface area contributed by atoms with E-state index in [2.05, 4.69) is 25.9 Å². The van der Waals surface area contributed by atoms with Crippen LogP contribution in [-0.2, 0) is 13.1 Å². The molecule has 2 aromatic heterocycles. The van der Waals surface area contributed by atoms with Gasteiger partial charge in [-0.25, -0.2) is 9.67 Å². The summed E-state index contributed by atoms with van der Waals surface area (Å²) in [6.45, 7) is 7.37. The zero-order valence-corrected chi connectivity index (χ0v) is 17.4. The lowest BCUT2D eigenvalue weighted by molar-refractivity contribution is 0.101. The highest BCUT2D eigenvalue weighted by molar-refractivity contribution is 6.04. The molecular formula is C22H28N6O2. The molecule has 2 aliphatic heterocycles. The predicted octanol–water partition coefficient (Wildman–Crippen LogP) is 3.06. The first-order valence-electron chi connectivity index (χ1n) is 10.9. The molecule has 0 saturated carbocycles. The van der Waals surface area contributed by atoms with Gasteiger partial charge in [-0.1, -0.05) is 18.6 Å². The largest absolute Gasteiger partial charge is 0.478 e. The number of nitrogens with zero attached hydrogens (tertiary/aromatic N) is 5. The number of imidazole rings is 1. The minimum absolute atomic E-state index is 0.243. The molecule has 8 heteroatoms. The molecule has 8 nitrogen and oxygen atoms in total. The van der Waals surface area contributed by atoms with Crippen LogP contribution in [0, 0.1) is 6.92 Å². The Kier molecular flexibility index (Phi) is 5.16. The smallest absolute Gasteiger partial charge is 0.278 e. The van der Waals surface area contributed by atoms with Gasteiger partial charge in [0.05, 0.1) is 17.6 Å². The SMILES string of the molecule is Cc1c(C(=O)Nc2nc3ccccc3n2CCN2CCCCC2)nn2c1OCCC2. The maximum Gasteiger partial charge on any atom is 0.278 e. The summed E-state index contributed by atoms with van der Waals surface area (Å²) in [5, 5.41) is 7.50. The molecule has 1 fully saturated rings. The molecule has 5 rings (SSSR count). The summed E-state index contributed by atoms with van der Waals surface area (Å²) in [5.74, 6) is 1.03. The molecule has 2 aliphatic rings. The number of rotatable bonds is 5. The second kappa shape index (κ2) is 8.10. The van der Waals surface area contributed by atoms with E-state index in [1.54, 1.807) is 4.68 Å². The quantitative estimate of drug-likeness (QED) is 0.702. The summed E-state index contributed by atoms with van der Waals surface area (Å²) in [7, 11) is 0. The van der Waals surface area contributed by atoms with E-state index in [0.29, 0.717) is 24.1 Å². The lowest BCUT2D eigenvalue weighted by Gasteiger charge is -2.26. The van der Waals surface area contributed by atoms with Crippen LogP contribution in [0.5, 0.6) is 5.88 Å². The molecule has 1 N–H and O–H groups in total. The van der Waals surface area contributed by atoms with Crippen LogP contribution in [0.15, 0.2) is 24.3 Å². The number of amides is 1. The van der Waals surface area contributed by atoms with Crippen molar-refractivity contribution >= 4 is 22.9 Å². The zero-order valence-electron chi connectivity index (χ0n) is 17.4. The molecule has 4 heterocycles. The summed E-state index contributed by atoms with van der Waals surface area (Å²) < 4.78 is 9.61. The number of piperidine rings is 1. The molecule has 0 radical (unpaired) electrons. The Morgan fingerprint density at radius 2 is 1.93 bits per heavy atom.